The molecule has 0 radical (unpaired) electrons. The molecule has 0 fully saturated rings. The van der Waals surface area contributed by atoms with Crippen LogP contribution >= 0.6 is 0 Å². The third-order valence-corrected chi connectivity index (χ3v) is 1.91. The van der Waals surface area contributed by atoms with Gasteiger partial charge in [-0.1, -0.05) is 0 Å². The Kier molecular flexibility index (Phi) is 3.14. The second-order valence-corrected chi connectivity index (χ2v) is 3.25. The number of nitrogen functional groups attached to an aromatic ring is 1. The molecule has 0 saturated carbocycles. The van der Waals surface area contributed by atoms with E-state index in [0.717, 1.165) is 11.4 Å². The molecule has 0 aliphatic carbocycles. The quantitative estimate of drug-likeness (QED) is 0.566. The van der Waals surface area contributed by atoms with Crippen LogP contribution in [0.15, 0.2) is 24.3 Å². The Morgan fingerprint density at radius 3 is 2.23 bits per heavy atom. The van der Waals surface area contributed by atoms with Crippen LogP contribution < -0.4 is 10.5 Å². The van der Waals surface area contributed by atoms with E-state index in [4.69, 9.17) is 10.5 Å². The van der Waals surface area contributed by atoms with Crippen molar-refractivity contribution in [2.24, 2.45) is 0 Å². The molecule has 0 heterocycles. The average molecular weight is 180 g/mol. The zero-order chi connectivity index (χ0) is 9.84. The fourth-order valence-electron chi connectivity index (χ4n) is 0.849. The molecule has 0 saturated heterocycles. The number of hydrogen-bond acceptors (Lipinski definition) is 3. The van der Waals surface area contributed by atoms with Gasteiger partial charge >= 0.3 is 0 Å². The topological polar surface area (TPSA) is 38.5 Å². The van der Waals surface area contributed by atoms with Crippen molar-refractivity contribution >= 4 is 5.69 Å². The zero-order valence-corrected chi connectivity index (χ0v) is 8.32. The Morgan fingerprint density at radius 1 is 1.23 bits per heavy atom. The number of nitrogens with two attached hydrogens (primary N) is 1. The van der Waals surface area contributed by atoms with Gasteiger partial charge in [0.05, 0.1) is 0 Å². The first-order chi connectivity index (χ1) is 6.09. The van der Waals surface area contributed by atoms with Crippen molar-refractivity contribution in [3.8, 4) is 5.75 Å². The summed E-state index contributed by atoms with van der Waals surface area (Å²) in [7, 11) is 3.95. The molecule has 3 nitrogen and oxygen atoms in total. The molecule has 13 heavy (non-hydrogen) atoms. The van der Waals surface area contributed by atoms with Crippen molar-refractivity contribution in [1.29, 1.82) is 0 Å². The molecule has 1 aromatic carbocycles. The van der Waals surface area contributed by atoms with E-state index >= 15 is 0 Å². The molecule has 1 rings (SSSR count). The van der Waals surface area contributed by atoms with Crippen LogP contribution in [0, 0.1) is 0 Å². The van der Waals surface area contributed by atoms with Gasteiger partial charge in [0.2, 0.25) is 0 Å². The first-order valence-electron chi connectivity index (χ1n) is 4.28. The maximum Gasteiger partial charge on any atom is 0.149 e. The molecule has 1 aromatic rings. The molecule has 0 amide bonds. The van der Waals surface area contributed by atoms with E-state index in [9.17, 15) is 0 Å². The van der Waals surface area contributed by atoms with E-state index in [0.29, 0.717) is 0 Å². The third-order valence-electron chi connectivity index (χ3n) is 1.91. The lowest BCUT2D eigenvalue weighted by Gasteiger charge is -2.21. The summed E-state index contributed by atoms with van der Waals surface area (Å²) in [6, 6.07) is 7.40. The van der Waals surface area contributed by atoms with Gasteiger partial charge in [-0.15, -0.1) is 0 Å². The lowest BCUT2D eigenvalue weighted by atomic mass is 10.3. The van der Waals surface area contributed by atoms with Crippen LogP contribution in [0.5, 0.6) is 5.75 Å². The number of rotatable bonds is 3. The SMILES string of the molecule is CC(Oc1ccc(N)cc1)N(C)C. The molecule has 0 aliphatic heterocycles. The molecule has 1 unspecified atom stereocenters. The maximum atomic E-state index is 5.60. The fraction of sp³-hybridized carbons (Fsp3) is 0.400. The van der Waals surface area contributed by atoms with Crippen LogP contribution in [0.2, 0.25) is 0 Å². The molecule has 0 spiro atoms. The summed E-state index contributed by atoms with van der Waals surface area (Å²) < 4.78 is 5.60. The summed E-state index contributed by atoms with van der Waals surface area (Å²) in [6.45, 7) is 2.00. The first kappa shape index (κ1) is 9.86. The first-order valence-corrected chi connectivity index (χ1v) is 4.28. The van der Waals surface area contributed by atoms with Crippen LogP contribution in [-0.4, -0.2) is 25.2 Å². The smallest absolute Gasteiger partial charge is 0.149 e. The van der Waals surface area contributed by atoms with Gasteiger partial charge in [0.15, 0.2) is 0 Å². The molecule has 3 heteroatoms. The summed E-state index contributed by atoms with van der Waals surface area (Å²) in [6.07, 6.45) is 0.0728. The fourth-order valence-corrected chi connectivity index (χ4v) is 0.849. The number of benzene rings is 1. The predicted molar refractivity (Wildman–Crippen MR) is 54.6 cm³/mol. The van der Waals surface area contributed by atoms with Crippen LogP contribution in [0.25, 0.3) is 0 Å². The second kappa shape index (κ2) is 4.14. The van der Waals surface area contributed by atoms with E-state index in [1.807, 2.05) is 50.2 Å². The Bertz CT molecular complexity index is 256. The Hall–Kier alpha value is -1.22. The van der Waals surface area contributed by atoms with Crippen LogP contribution in [0.3, 0.4) is 0 Å². The number of anilines is 1. The minimum absolute atomic E-state index is 0.0728. The largest absolute Gasteiger partial charge is 0.475 e. The van der Waals surface area contributed by atoms with Crippen molar-refractivity contribution in [2.75, 3.05) is 19.8 Å². The van der Waals surface area contributed by atoms with Crippen LogP contribution in [-0.2, 0) is 0 Å². The highest BCUT2D eigenvalue weighted by atomic mass is 16.5. The minimum Gasteiger partial charge on any atom is -0.475 e. The van der Waals surface area contributed by atoms with Gasteiger partial charge in [-0.2, -0.15) is 0 Å². The zero-order valence-electron chi connectivity index (χ0n) is 8.32. The van der Waals surface area contributed by atoms with E-state index < -0.39 is 0 Å². The van der Waals surface area contributed by atoms with Crippen LogP contribution in [0.1, 0.15) is 6.92 Å². The molecule has 0 aliphatic rings. The van der Waals surface area contributed by atoms with Gasteiger partial charge in [-0.3, -0.25) is 4.90 Å². The van der Waals surface area contributed by atoms with Crippen molar-refractivity contribution in [3.63, 3.8) is 0 Å². The summed E-state index contributed by atoms with van der Waals surface area (Å²) >= 11 is 0. The van der Waals surface area contributed by atoms with Gasteiger partial charge in [0, 0.05) is 5.69 Å². The van der Waals surface area contributed by atoms with Crippen molar-refractivity contribution in [3.05, 3.63) is 24.3 Å². The molecule has 0 bridgehead atoms. The van der Waals surface area contributed by atoms with Crippen molar-refractivity contribution in [1.82, 2.24) is 4.90 Å². The van der Waals surface area contributed by atoms with E-state index in [-0.39, 0.29) is 6.23 Å². The minimum atomic E-state index is 0.0728. The lowest BCUT2D eigenvalue weighted by molar-refractivity contribution is 0.0815. The summed E-state index contributed by atoms with van der Waals surface area (Å²) in [5.74, 6) is 0.843. The average Bonchev–Trinajstić information content (AvgIpc) is 2.08. The van der Waals surface area contributed by atoms with Crippen molar-refractivity contribution in [2.45, 2.75) is 13.2 Å². The van der Waals surface area contributed by atoms with Crippen LogP contribution in [0.4, 0.5) is 5.69 Å². The maximum absolute atomic E-state index is 5.60. The Balaban J connectivity index is 2.59. The predicted octanol–water partition coefficient (Wildman–Crippen LogP) is 1.56. The standard InChI is InChI=1S/C10H16N2O/c1-8(12(2)3)13-10-6-4-9(11)5-7-10/h4-8H,11H2,1-3H3. The molecule has 1 atom stereocenters. The van der Waals surface area contributed by atoms with E-state index in [2.05, 4.69) is 0 Å². The van der Waals surface area contributed by atoms with Crippen molar-refractivity contribution < 1.29 is 4.74 Å². The third kappa shape index (κ3) is 2.95. The highest BCUT2D eigenvalue weighted by Crippen LogP contribution is 2.14. The molecule has 2 N–H and O–H groups in total. The van der Waals surface area contributed by atoms with Gasteiger partial charge in [-0.25, -0.2) is 0 Å². The molecule has 0 aromatic heterocycles. The molecular weight excluding hydrogens is 164 g/mol. The van der Waals surface area contributed by atoms with Gasteiger partial charge < -0.3 is 10.5 Å². The van der Waals surface area contributed by atoms with Gasteiger partial charge in [0.1, 0.15) is 12.0 Å². The van der Waals surface area contributed by atoms with E-state index in [1.54, 1.807) is 0 Å². The van der Waals surface area contributed by atoms with Gasteiger partial charge in [-0.05, 0) is 45.3 Å². The van der Waals surface area contributed by atoms with Gasteiger partial charge in [0.25, 0.3) is 0 Å². The normalized spacial score (nSPS) is 12.9. The van der Waals surface area contributed by atoms with E-state index in [1.165, 1.54) is 0 Å². The Morgan fingerprint density at radius 2 is 1.77 bits per heavy atom. The summed E-state index contributed by atoms with van der Waals surface area (Å²) in [5, 5.41) is 0. The molecule has 72 valence electrons. The second-order valence-electron chi connectivity index (χ2n) is 3.25. The lowest BCUT2D eigenvalue weighted by Crippen LogP contribution is -2.30. The number of ether oxygens (including phenoxy) is 1. The summed E-state index contributed by atoms with van der Waals surface area (Å²) in [4.78, 5) is 2.00. The highest BCUT2D eigenvalue weighted by Gasteiger charge is 2.04. The Labute approximate surface area is 79.1 Å². The number of nitrogens with zero attached hydrogens (tertiary/aromatic N) is 1. The monoisotopic (exact) mass is 180 g/mol. The summed E-state index contributed by atoms with van der Waals surface area (Å²) in [5.41, 5.74) is 6.31. The number of hydrogen-bond donors (Lipinski definition) is 1. The highest BCUT2D eigenvalue weighted by molar-refractivity contribution is 5.41. The molecular formula is C10H16N2O.